The summed E-state index contributed by atoms with van der Waals surface area (Å²) >= 11 is 2.76. The van der Waals surface area contributed by atoms with Crippen LogP contribution in [0.15, 0.2) is 23.1 Å². The number of carbonyl (C=O) groups excluding carboxylic acids is 1. The number of aryl methyl sites for hydroxylation is 1. The monoisotopic (exact) mass is 426 g/mol. The molecule has 27 heavy (non-hydrogen) atoms. The van der Waals surface area contributed by atoms with Crippen LogP contribution in [0.4, 0.5) is 5.13 Å². The summed E-state index contributed by atoms with van der Waals surface area (Å²) in [5.74, 6) is 0.643. The SMILES string of the molecule is C=CCNc1nnc(SCC(=O)c2cc(C)n(C3CCS(=O)(=O)C3)c2C)s1. The molecule has 0 radical (unpaired) electrons. The fourth-order valence-electron chi connectivity index (χ4n) is 3.30. The second kappa shape index (κ2) is 8.15. The smallest absolute Gasteiger partial charge is 0.206 e. The number of hydrogen-bond donors (Lipinski definition) is 1. The molecule has 3 heterocycles. The number of hydrogen-bond acceptors (Lipinski definition) is 8. The maximum absolute atomic E-state index is 12.7. The highest BCUT2D eigenvalue weighted by atomic mass is 32.2. The number of aromatic nitrogens is 3. The van der Waals surface area contributed by atoms with Crippen LogP contribution >= 0.6 is 23.1 Å². The summed E-state index contributed by atoms with van der Waals surface area (Å²) in [6.45, 7) is 8.06. The van der Waals surface area contributed by atoms with Crippen LogP contribution in [0.3, 0.4) is 0 Å². The van der Waals surface area contributed by atoms with E-state index in [0.29, 0.717) is 23.7 Å². The van der Waals surface area contributed by atoms with Gasteiger partial charge in [-0.2, -0.15) is 0 Å². The number of anilines is 1. The average Bonchev–Trinajstić information content (AvgIpc) is 3.28. The second-order valence-corrected chi connectivity index (χ2v) is 10.9. The van der Waals surface area contributed by atoms with Gasteiger partial charge in [-0.05, 0) is 26.3 Å². The highest BCUT2D eigenvalue weighted by molar-refractivity contribution is 8.01. The molecule has 1 N–H and O–H groups in total. The first-order chi connectivity index (χ1) is 12.8. The van der Waals surface area contributed by atoms with Crippen molar-refractivity contribution in [3.63, 3.8) is 0 Å². The van der Waals surface area contributed by atoms with Gasteiger partial charge in [0.05, 0.1) is 17.3 Å². The number of ketones is 1. The zero-order chi connectivity index (χ0) is 19.6. The molecule has 3 rings (SSSR count). The van der Waals surface area contributed by atoms with Crippen molar-refractivity contribution in [3.05, 3.63) is 35.7 Å². The van der Waals surface area contributed by atoms with Gasteiger partial charge in [0.1, 0.15) is 0 Å². The van der Waals surface area contributed by atoms with Crippen LogP contribution in [0.5, 0.6) is 0 Å². The highest BCUT2D eigenvalue weighted by Crippen LogP contribution is 2.31. The standard InChI is InChI=1S/C17H22N4O3S3/c1-4-6-18-16-19-20-17(26-16)25-9-15(22)14-8-11(2)21(12(14)3)13-5-7-27(23,24)10-13/h4,8,13H,1,5-7,9-10H2,2-3H3,(H,18,19). The molecule has 1 saturated heterocycles. The van der Waals surface area contributed by atoms with E-state index in [4.69, 9.17) is 0 Å². The third-order valence-corrected chi connectivity index (χ3v) is 8.25. The van der Waals surface area contributed by atoms with E-state index in [0.717, 1.165) is 15.7 Å². The van der Waals surface area contributed by atoms with Crippen LogP contribution in [0, 0.1) is 13.8 Å². The van der Waals surface area contributed by atoms with Gasteiger partial charge in [0.25, 0.3) is 0 Å². The number of Topliss-reactive ketones (excluding diaryl/α,β-unsaturated/α-hetero) is 1. The molecule has 0 amide bonds. The summed E-state index contributed by atoms with van der Waals surface area (Å²) in [4.78, 5) is 12.7. The molecule has 2 aromatic rings. The Balaban J connectivity index is 1.68. The molecular formula is C17H22N4O3S3. The lowest BCUT2D eigenvalue weighted by Gasteiger charge is -2.16. The van der Waals surface area contributed by atoms with Crippen molar-refractivity contribution in [2.45, 2.75) is 30.6 Å². The van der Waals surface area contributed by atoms with E-state index in [2.05, 4.69) is 22.1 Å². The van der Waals surface area contributed by atoms with Crippen LogP contribution in [-0.2, 0) is 9.84 Å². The highest BCUT2D eigenvalue weighted by Gasteiger charge is 2.31. The number of sulfone groups is 1. The van der Waals surface area contributed by atoms with E-state index >= 15 is 0 Å². The summed E-state index contributed by atoms with van der Waals surface area (Å²) in [6.07, 6.45) is 2.34. The molecule has 0 aliphatic carbocycles. The van der Waals surface area contributed by atoms with Crippen molar-refractivity contribution in [3.8, 4) is 0 Å². The Labute approximate surface area is 167 Å². The third kappa shape index (κ3) is 4.61. The lowest BCUT2D eigenvalue weighted by atomic mass is 10.2. The Morgan fingerprint density at radius 2 is 2.26 bits per heavy atom. The number of carbonyl (C=O) groups is 1. The molecule has 146 valence electrons. The molecule has 0 saturated carbocycles. The van der Waals surface area contributed by atoms with E-state index < -0.39 is 9.84 Å². The molecule has 0 spiro atoms. The van der Waals surface area contributed by atoms with Gasteiger partial charge in [0, 0.05) is 29.5 Å². The molecule has 1 aliphatic rings. The van der Waals surface area contributed by atoms with Gasteiger partial charge in [-0.25, -0.2) is 8.42 Å². The van der Waals surface area contributed by atoms with Crippen molar-refractivity contribution < 1.29 is 13.2 Å². The predicted octanol–water partition coefficient (Wildman–Crippen LogP) is 2.89. The minimum Gasteiger partial charge on any atom is -0.357 e. The molecule has 1 atom stereocenters. The number of nitrogens with one attached hydrogen (secondary N) is 1. The Morgan fingerprint density at radius 3 is 2.93 bits per heavy atom. The Hall–Kier alpha value is -1.65. The summed E-state index contributed by atoms with van der Waals surface area (Å²) in [6, 6.07) is 1.78. The normalized spacial score (nSPS) is 18.5. The zero-order valence-corrected chi connectivity index (χ0v) is 17.7. The van der Waals surface area contributed by atoms with E-state index in [-0.39, 0.29) is 29.1 Å². The van der Waals surface area contributed by atoms with E-state index in [1.54, 1.807) is 6.08 Å². The van der Waals surface area contributed by atoms with Gasteiger partial charge >= 0.3 is 0 Å². The van der Waals surface area contributed by atoms with E-state index in [1.807, 2.05) is 24.5 Å². The maximum Gasteiger partial charge on any atom is 0.206 e. The Morgan fingerprint density at radius 1 is 1.48 bits per heavy atom. The molecule has 1 unspecified atom stereocenters. The van der Waals surface area contributed by atoms with Crippen LogP contribution < -0.4 is 5.32 Å². The van der Waals surface area contributed by atoms with E-state index in [9.17, 15) is 13.2 Å². The molecule has 1 fully saturated rings. The number of rotatable bonds is 8. The average molecular weight is 427 g/mol. The third-order valence-electron chi connectivity index (χ3n) is 4.49. The maximum atomic E-state index is 12.7. The van der Waals surface area contributed by atoms with E-state index in [1.165, 1.54) is 23.1 Å². The van der Waals surface area contributed by atoms with Crippen LogP contribution in [0.25, 0.3) is 0 Å². The Bertz CT molecular complexity index is 962. The number of nitrogens with zero attached hydrogens (tertiary/aromatic N) is 3. The van der Waals surface area contributed by atoms with Gasteiger partial charge in [0.15, 0.2) is 20.0 Å². The predicted molar refractivity (Wildman–Crippen MR) is 110 cm³/mol. The van der Waals surface area contributed by atoms with Gasteiger partial charge in [-0.1, -0.05) is 29.2 Å². The van der Waals surface area contributed by atoms with Gasteiger partial charge in [-0.3, -0.25) is 4.79 Å². The summed E-state index contributed by atoms with van der Waals surface area (Å²) in [5.41, 5.74) is 2.42. The quantitative estimate of drug-likeness (QED) is 0.394. The van der Waals surface area contributed by atoms with Crippen molar-refractivity contribution in [1.29, 1.82) is 0 Å². The Kier molecular flexibility index (Phi) is 6.07. The number of thioether (sulfide) groups is 1. The van der Waals surface area contributed by atoms with Gasteiger partial charge in [-0.15, -0.1) is 16.8 Å². The fourth-order valence-corrected chi connectivity index (χ4v) is 6.65. The van der Waals surface area contributed by atoms with Crippen molar-refractivity contribution in [2.75, 3.05) is 29.1 Å². The van der Waals surface area contributed by atoms with Gasteiger partial charge in [0.2, 0.25) is 5.13 Å². The largest absolute Gasteiger partial charge is 0.357 e. The molecule has 7 nitrogen and oxygen atoms in total. The first-order valence-electron chi connectivity index (χ1n) is 8.54. The summed E-state index contributed by atoms with van der Waals surface area (Å²) in [5, 5.41) is 11.9. The summed E-state index contributed by atoms with van der Waals surface area (Å²) in [7, 11) is -2.97. The summed E-state index contributed by atoms with van der Waals surface area (Å²) < 4.78 is 26.3. The molecular weight excluding hydrogens is 404 g/mol. The lowest BCUT2D eigenvalue weighted by Crippen LogP contribution is -2.14. The molecule has 0 bridgehead atoms. The molecule has 1 aliphatic heterocycles. The van der Waals surface area contributed by atoms with Crippen molar-refractivity contribution >= 4 is 43.9 Å². The fraction of sp³-hybridized carbons (Fsp3) is 0.471. The zero-order valence-electron chi connectivity index (χ0n) is 15.3. The minimum atomic E-state index is -2.97. The van der Waals surface area contributed by atoms with Gasteiger partial charge < -0.3 is 9.88 Å². The minimum absolute atomic E-state index is 0.0102. The molecule has 10 heteroatoms. The van der Waals surface area contributed by atoms with Crippen molar-refractivity contribution in [2.24, 2.45) is 0 Å². The molecule has 0 aromatic carbocycles. The molecule has 2 aromatic heterocycles. The topological polar surface area (TPSA) is 93.9 Å². The lowest BCUT2D eigenvalue weighted by molar-refractivity contribution is 0.102. The van der Waals surface area contributed by atoms with Crippen LogP contribution in [0.2, 0.25) is 0 Å². The first-order valence-corrected chi connectivity index (χ1v) is 12.2. The second-order valence-electron chi connectivity index (χ2n) is 6.47. The first kappa shape index (κ1) is 20.1. The van der Waals surface area contributed by atoms with Crippen molar-refractivity contribution in [1.82, 2.24) is 14.8 Å². The van der Waals surface area contributed by atoms with Crippen LogP contribution in [0.1, 0.15) is 34.2 Å². The van der Waals surface area contributed by atoms with Crippen LogP contribution in [-0.4, -0.2) is 52.8 Å².